The third-order valence-corrected chi connectivity index (χ3v) is 3.36. The van der Waals surface area contributed by atoms with Crippen LogP contribution in [0.3, 0.4) is 0 Å². The van der Waals surface area contributed by atoms with Gasteiger partial charge in [0.1, 0.15) is 11.5 Å². The van der Waals surface area contributed by atoms with Gasteiger partial charge in [0.05, 0.1) is 6.04 Å². The molecule has 84 valence electrons. The summed E-state index contributed by atoms with van der Waals surface area (Å²) in [6, 6.07) is 10.2. The van der Waals surface area contributed by atoms with Crippen molar-refractivity contribution in [2.45, 2.75) is 19.9 Å². The van der Waals surface area contributed by atoms with Crippen LogP contribution in [0.25, 0.3) is 0 Å². The van der Waals surface area contributed by atoms with Gasteiger partial charge in [-0.15, -0.1) is 0 Å². The van der Waals surface area contributed by atoms with Gasteiger partial charge in [-0.25, -0.2) is 0 Å². The Bertz CT molecular complexity index is 487. The van der Waals surface area contributed by atoms with Crippen LogP contribution >= 0.6 is 22.6 Å². The first-order valence-corrected chi connectivity index (χ1v) is 6.24. The molecule has 0 fully saturated rings. The molecule has 0 bridgehead atoms. The molecule has 0 spiro atoms. The minimum Gasteiger partial charge on any atom is -0.466 e. The molecule has 16 heavy (non-hydrogen) atoms. The number of hydrogen-bond acceptors (Lipinski definition) is 2. The van der Waals surface area contributed by atoms with E-state index in [-0.39, 0.29) is 6.04 Å². The minimum absolute atomic E-state index is 0.102. The summed E-state index contributed by atoms with van der Waals surface area (Å²) >= 11 is 2.29. The van der Waals surface area contributed by atoms with E-state index in [9.17, 15) is 0 Å². The van der Waals surface area contributed by atoms with Crippen LogP contribution in [0.15, 0.2) is 34.7 Å². The molecular weight excluding hydrogens is 313 g/mol. The zero-order valence-corrected chi connectivity index (χ0v) is 11.5. The molecule has 2 nitrogen and oxygen atoms in total. The number of nitrogens with two attached hydrogens (primary N) is 1. The van der Waals surface area contributed by atoms with Gasteiger partial charge >= 0.3 is 0 Å². The molecule has 0 saturated heterocycles. The average Bonchev–Trinajstić information content (AvgIpc) is 2.58. The summed E-state index contributed by atoms with van der Waals surface area (Å²) in [7, 11) is 0. The van der Waals surface area contributed by atoms with Crippen LogP contribution < -0.4 is 5.73 Å². The zero-order chi connectivity index (χ0) is 11.7. The Hall–Kier alpha value is -0.810. The van der Waals surface area contributed by atoms with Crippen molar-refractivity contribution in [3.63, 3.8) is 0 Å². The van der Waals surface area contributed by atoms with Crippen LogP contribution in [0, 0.1) is 17.4 Å². The lowest BCUT2D eigenvalue weighted by atomic mass is 10.0. The first-order chi connectivity index (χ1) is 7.58. The fraction of sp³-hybridized carbons (Fsp3) is 0.231. The maximum absolute atomic E-state index is 6.22. The second-order valence-electron chi connectivity index (χ2n) is 3.90. The van der Waals surface area contributed by atoms with Gasteiger partial charge in [0.25, 0.3) is 0 Å². The van der Waals surface area contributed by atoms with Gasteiger partial charge in [0, 0.05) is 9.13 Å². The molecule has 3 heteroatoms. The molecule has 1 unspecified atom stereocenters. The number of rotatable bonds is 2. The Kier molecular flexibility index (Phi) is 3.35. The molecule has 1 atom stereocenters. The van der Waals surface area contributed by atoms with Crippen molar-refractivity contribution >= 4 is 22.6 Å². The molecule has 0 aliphatic heterocycles. The van der Waals surface area contributed by atoms with E-state index in [0.717, 1.165) is 22.6 Å². The van der Waals surface area contributed by atoms with Crippen molar-refractivity contribution < 1.29 is 4.42 Å². The second kappa shape index (κ2) is 4.59. The van der Waals surface area contributed by atoms with Crippen LogP contribution in [0.1, 0.15) is 28.7 Å². The molecule has 1 heterocycles. The average molecular weight is 327 g/mol. The Balaban J connectivity index is 2.35. The van der Waals surface area contributed by atoms with Gasteiger partial charge in [-0.1, -0.05) is 12.1 Å². The Labute approximate surface area is 109 Å². The van der Waals surface area contributed by atoms with Crippen molar-refractivity contribution in [2.24, 2.45) is 5.73 Å². The van der Waals surface area contributed by atoms with E-state index in [0.29, 0.717) is 0 Å². The predicted octanol–water partition coefficient (Wildman–Crippen LogP) is 3.55. The standard InChI is InChI=1S/C13H14INO/c1-8-7-12(9(2)16-8)13(15)10-3-5-11(14)6-4-10/h3-7,13H,15H2,1-2H3. The first kappa shape index (κ1) is 11.7. The lowest BCUT2D eigenvalue weighted by Gasteiger charge is -2.11. The predicted molar refractivity (Wildman–Crippen MR) is 73.4 cm³/mol. The second-order valence-corrected chi connectivity index (χ2v) is 5.14. The fourth-order valence-corrected chi connectivity index (χ4v) is 2.17. The Morgan fingerprint density at radius 3 is 2.31 bits per heavy atom. The van der Waals surface area contributed by atoms with E-state index in [1.807, 2.05) is 19.9 Å². The van der Waals surface area contributed by atoms with Crippen molar-refractivity contribution in [3.8, 4) is 0 Å². The summed E-state index contributed by atoms with van der Waals surface area (Å²) in [5.74, 6) is 1.82. The zero-order valence-electron chi connectivity index (χ0n) is 9.33. The van der Waals surface area contributed by atoms with E-state index >= 15 is 0 Å². The molecule has 0 saturated carbocycles. The molecule has 0 radical (unpaired) electrons. The summed E-state index contributed by atoms with van der Waals surface area (Å²) in [4.78, 5) is 0. The maximum Gasteiger partial charge on any atom is 0.106 e. The smallest absolute Gasteiger partial charge is 0.106 e. The lowest BCUT2D eigenvalue weighted by Crippen LogP contribution is -2.11. The minimum atomic E-state index is -0.102. The van der Waals surface area contributed by atoms with Gasteiger partial charge in [-0.05, 0) is 60.2 Å². The van der Waals surface area contributed by atoms with Crippen molar-refractivity contribution in [3.05, 3.63) is 56.5 Å². The molecule has 1 aromatic heterocycles. The van der Waals surface area contributed by atoms with E-state index in [1.54, 1.807) is 0 Å². The third kappa shape index (κ3) is 2.30. The van der Waals surface area contributed by atoms with Crippen molar-refractivity contribution in [2.75, 3.05) is 0 Å². The summed E-state index contributed by atoms with van der Waals surface area (Å²) in [5.41, 5.74) is 8.40. The summed E-state index contributed by atoms with van der Waals surface area (Å²) in [5, 5.41) is 0. The molecule has 0 aliphatic rings. The molecule has 2 rings (SSSR count). The van der Waals surface area contributed by atoms with Gasteiger partial charge in [0.15, 0.2) is 0 Å². The summed E-state index contributed by atoms with van der Waals surface area (Å²) < 4.78 is 6.72. The number of furan rings is 1. The molecule has 0 aliphatic carbocycles. The Morgan fingerprint density at radius 2 is 1.81 bits per heavy atom. The molecular formula is C13H14INO. The number of halogens is 1. The first-order valence-electron chi connectivity index (χ1n) is 5.16. The lowest BCUT2D eigenvalue weighted by molar-refractivity contribution is 0.499. The molecule has 0 amide bonds. The monoisotopic (exact) mass is 327 g/mol. The highest BCUT2D eigenvalue weighted by Gasteiger charge is 2.14. The summed E-state index contributed by atoms with van der Waals surface area (Å²) in [6.45, 7) is 3.89. The van der Waals surface area contributed by atoms with Gasteiger partial charge in [0.2, 0.25) is 0 Å². The molecule has 1 aromatic carbocycles. The van der Waals surface area contributed by atoms with E-state index in [4.69, 9.17) is 10.2 Å². The van der Waals surface area contributed by atoms with Crippen molar-refractivity contribution in [1.29, 1.82) is 0 Å². The van der Waals surface area contributed by atoms with E-state index in [1.165, 1.54) is 3.57 Å². The highest BCUT2D eigenvalue weighted by Crippen LogP contribution is 2.25. The normalized spacial score (nSPS) is 12.8. The number of aryl methyl sites for hydroxylation is 2. The summed E-state index contributed by atoms with van der Waals surface area (Å²) in [6.07, 6.45) is 0. The van der Waals surface area contributed by atoms with E-state index in [2.05, 4.69) is 46.9 Å². The SMILES string of the molecule is Cc1cc(C(N)c2ccc(I)cc2)c(C)o1. The van der Waals surface area contributed by atoms with Crippen LogP contribution in [0.2, 0.25) is 0 Å². The van der Waals surface area contributed by atoms with Crippen LogP contribution in [0.4, 0.5) is 0 Å². The van der Waals surface area contributed by atoms with Crippen LogP contribution in [-0.4, -0.2) is 0 Å². The van der Waals surface area contributed by atoms with Crippen LogP contribution in [0.5, 0.6) is 0 Å². The highest BCUT2D eigenvalue weighted by molar-refractivity contribution is 14.1. The quantitative estimate of drug-likeness (QED) is 0.857. The highest BCUT2D eigenvalue weighted by atomic mass is 127. The number of hydrogen-bond donors (Lipinski definition) is 1. The largest absolute Gasteiger partial charge is 0.466 e. The topological polar surface area (TPSA) is 39.2 Å². The van der Waals surface area contributed by atoms with Crippen LogP contribution in [-0.2, 0) is 0 Å². The molecule has 2 aromatic rings. The fourth-order valence-electron chi connectivity index (χ4n) is 1.81. The third-order valence-electron chi connectivity index (χ3n) is 2.64. The maximum atomic E-state index is 6.22. The molecule has 2 N–H and O–H groups in total. The van der Waals surface area contributed by atoms with Gasteiger partial charge in [-0.2, -0.15) is 0 Å². The van der Waals surface area contributed by atoms with Crippen molar-refractivity contribution in [1.82, 2.24) is 0 Å². The van der Waals surface area contributed by atoms with E-state index < -0.39 is 0 Å². The van der Waals surface area contributed by atoms with Gasteiger partial charge in [-0.3, -0.25) is 0 Å². The Morgan fingerprint density at radius 1 is 1.19 bits per heavy atom. The number of benzene rings is 1. The van der Waals surface area contributed by atoms with Gasteiger partial charge < -0.3 is 10.2 Å².